The molecule has 0 spiro atoms. The molecule has 0 amide bonds. The standard InChI is InChI=1S/C15H27NO2/c1-3-12-4-6-14(7-5-12)16-9-8-13(15(17)18)10-11(16)2/h11-14H,3-10H2,1-2H3,(H,17,18). The fourth-order valence-corrected chi connectivity index (χ4v) is 3.84. The quantitative estimate of drug-likeness (QED) is 0.840. The highest BCUT2D eigenvalue weighted by Crippen LogP contribution is 2.33. The summed E-state index contributed by atoms with van der Waals surface area (Å²) in [6.07, 6.45) is 8.38. The van der Waals surface area contributed by atoms with Crippen molar-refractivity contribution in [2.45, 2.75) is 70.9 Å². The molecule has 2 rings (SSSR count). The minimum atomic E-state index is -0.601. The Morgan fingerprint density at radius 1 is 1.22 bits per heavy atom. The van der Waals surface area contributed by atoms with E-state index in [1.165, 1.54) is 32.1 Å². The lowest BCUT2D eigenvalue weighted by atomic mass is 9.81. The number of hydrogen-bond donors (Lipinski definition) is 1. The summed E-state index contributed by atoms with van der Waals surface area (Å²) in [5.74, 6) is 0.229. The van der Waals surface area contributed by atoms with Crippen LogP contribution in [-0.2, 0) is 4.79 Å². The van der Waals surface area contributed by atoms with Crippen molar-refractivity contribution in [3.05, 3.63) is 0 Å². The van der Waals surface area contributed by atoms with Crippen molar-refractivity contribution < 1.29 is 9.90 Å². The van der Waals surface area contributed by atoms with Crippen LogP contribution in [0, 0.1) is 11.8 Å². The van der Waals surface area contributed by atoms with Gasteiger partial charge >= 0.3 is 5.97 Å². The molecule has 3 nitrogen and oxygen atoms in total. The molecule has 2 aliphatic rings. The predicted molar refractivity (Wildman–Crippen MR) is 72.6 cm³/mol. The number of aliphatic carboxylic acids is 1. The van der Waals surface area contributed by atoms with E-state index in [2.05, 4.69) is 18.7 Å². The lowest BCUT2D eigenvalue weighted by Gasteiger charge is -2.44. The van der Waals surface area contributed by atoms with Crippen LogP contribution in [0.2, 0.25) is 0 Å². The van der Waals surface area contributed by atoms with Crippen LogP contribution in [0.3, 0.4) is 0 Å². The van der Waals surface area contributed by atoms with Crippen molar-refractivity contribution in [2.24, 2.45) is 11.8 Å². The Kier molecular flexibility index (Phi) is 4.66. The van der Waals surface area contributed by atoms with E-state index in [1.807, 2.05) is 0 Å². The van der Waals surface area contributed by atoms with Crippen molar-refractivity contribution >= 4 is 5.97 Å². The van der Waals surface area contributed by atoms with Crippen LogP contribution in [0.15, 0.2) is 0 Å². The molecule has 0 radical (unpaired) electrons. The minimum absolute atomic E-state index is 0.108. The molecule has 2 unspecified atom stereocenters. The van der Waals surface area contributed by atoms with Gasteiger partial charge in [-0.3, -0.25) is 9.69 Å². The van der Waals surface area contributed by atoms with Crippen LogP contribution in [0.25, 0.3) is 0 Å². The highest BCUT2D eigenvalue weighted by molar-refractivity contribution is 5.70. The molecule has 1 saturated heterocycles. The molecule has 1 heterocycles. The molecule has 1 N–H and O–H groups in total. The first-order valence-corrected chi connectivity index (χ1v) is 7.60. The van der Waals surface area contributed by atoms with Gasteiger partial charge in [-0.1, -0.05) is 13.3 Å². The van der Waals surface area contributed by atoms with E-state index in [-0.39, 0.29) is 5.92 Å². The monoisotopic (exact) mass is 253 g/mol. The normalized spacial score (nSPS) is 38.6. The van der Waals surface area contributed by atoms with Crippen molar-refractivity contribution in [1.29, 1.82) is 0 Å². The summed E-state index contributed by atoms with van der Waals surface area (Å²) in [6.45, 7) is 5.49. The third kappa shape index (κ3) is 3.05. The Balaban J connectivity index is 1.85. The molecule has 18 heavy (non-hydrogen) atoms. The molecule has 2 fully saturated rings. The molecular formula is C15H27NO2. The smallest absolute Gasteiger partial charge is 0.306 e. The maximum absolute atomic E-state index is 11.0. The van der Waals surface area contributed by atoms with E-state index in [9.17, 15) is 4.79 Å². The average molecular weight is 253 g/mol. The summed E-state index contributed by atoms with van der Waals surface area (Å²) >= 11 is 0. The average Bonchev–Trinajstić information content (AvgIpc) is 2.38. The number of likely N-dealkylation sites (tertiary alicyclic amines) is 1. The van der Waals surface area contributed by atoms with Crippen LogP contribution >= 0.6 is 0 Å². The van der Waals surface area contributed by atoms with Crippen molar-refractivity contribution in [2.75, 3.05) is 6.54 Å². The Morgan fingerprint density at radius 3 is 2.39 bits per heavy atom. The molecule has 1 aliphatic carbocycles. The fourth-order valence-electron chi connectivity index (χ4n) is 3.84. The Bertz CT molecular complexity index is 284. The number of rotatable bonds is 3. The number of carbonyl (C=O) groups is 1. The van der Waals surface area contributed by atoms with Gasteiger partial charge in [0.25, 0.3) is 0 Å². The van der Waals surface area contributed by atoms with Crippen LogP contribution < -0.4 is 0 Å². The predicted octanol–water partition coefficient (Wildman–Crippen LogP) is 3.14. The summed E-state index contributed by atoms with van der Waals surface area (Å²) in [4.78, 5) is 13.6. The SMILES string of the molecule is CCC1CCC(N2CCC(C(=O)O)CC2C)CC1. The topological polar surface area (TPSA) is 40.5 Å². The second-order valence-corrected chi connectivity index (χ2v) is 6.23. The molecule has 0 aromatic heterocycles. The van der Waals surface area contributed by atoms with Gasteiger partial charge in [-0.15, -0.1) is 0 Å². The van der Waals surface area contributed by atoms with E-state index in [1.54, 1.807) is 0 Å². The number of carboxylic acid groups (broad SMARTS) is 1. The van der Waals surface area contributed by atoms with Gasteiger partial charge in [0.2, 0.25) is 0 Å². The molecule has 1 saturated carbocycles. The number of hydrogen-bond acceptors (Lipinski definition) is 2. The van der Waals surface area contributed by atoms with Gasteiger partial charge in [0.15, 0.2) is 0 Å². The summed E-state index contributed by atoms with van der Waals surface area (Å²) in [5, 5.41) is 9.10. The van der Waals surface area contributed by atoms with E-state index in [0.29, 0.717) is 6.04 Å². The van der Waals surface area contributed by atoms with Crippen LogP contribution in [0.1, 0.15) is 58.8 Å². The Labute approximate surface area is 111 Å². The molecule has 104 valence electrons. The van der Waals surface area contributed by atoms with Crippen molar-refractivity contribution in [1.82, 2.24) is 4.90 Å². The van der Waals surface area contributed by atoms with Gasteiger partial charge in [-0.2, -0.15) is 0 Å². The summed E-state index contributed by atoms with van der Waals surface area (Å²) in [6, 6.07) is 1.17. The molecule has 3 heteroatoms. The highest BCUT2D eigenvalue weighted by atomic mass is 16.4. The van der Waals surface area contributed by atoms with Gasteiger partial charge < -0.3 is 5.11 Å². The number of piperidine rings is 1. The zero-order chi connectivity index (χ0) is 13.1. The largest absolute Gasteiger partial charge is 0.481 e. The van der Waals surface area contributed by atoms with Crippen molar-refractivity contribution in [3.63, 3.8) is 0 Å². The highest BCUT2D eigenvalue weighted by Gasteiger charge is 2.34. The molecule has 0 aromatic rings. The maximum atomic E-state index is 11.0. The molecule has 2 atom stereocenters. The Morgan fingerprint density at radius 2 is 1.89 bits per heavy atom. The lowest BCUT2D eigenvalue weighted by molar-refractivity contribution is -0.144. The van der Waals surface area contributed by atoms with Crippen LogP contribution in [-0.4, -0.2) is 34.6 Å². The third-order valence-electron chi connectivity index (χ3n) is 5.14. The van der Waals surface area contributed by atoms with Gasteiger partial charge in [0.05, 0.1) is 5.92 Å². The fraction of sp³-hybridized carbons (Fsp3) is 0.933. The first-order chi connectivity index (χ1) is 8.61. The third-order valence-corrected chi connectivity index (χ3v) is 5.14. The summed E-state index contributed by atoms with van der Waals surface area (Å²) in [5.41, 5.74) is 0. The molecule has 1 aliphatic heterocycles. The van der Waals surface area contributed by atoms with E-state index in [4.69, 9.17) is 5.11 Å². The van der Waals surface area contributed by atoms with Crippen LogP contribution in [0.4, 0.5) is 0 Å². The first kappa shape index (κ1) is 13.9. The second kappa shape index (κ2) is 6.05. The summed E-state index contributed by atoms with van der Waals surface area (Å²) < 4.78 is 0. The van der Waals surface area contributed by atoms with Gasteiger partial charge in [-0.05, 0) is 57.9 Å². The van der Waals surface area contributed by atoms with E-state index in [0.717, 1.165) is 31.3 Å². The van der Waals surface area contributed by atoms with E-state index < -0.39 is 5.97 Å². The maximum Gasteiger partial charge on any atom is 0.306 e. The van der Waals surface area contributed by atoms with Crippen molar-refractivity contribution in [3.8, 4) is 0 Å². The zero-order valence-electron chi connectivity index (χ0n) is 11.8. The first-order valence-electron chi connectivity index (χ1n) is 7.60. The molecule has 0 aromatic carbocycles. The Hall–Kier alpha value is -0.570. The second-order valence-electron chi connectivity index (χ2n) is 6.23. The number of carboxylic acids is 1. The van der Waals surface area contributed by atoms with Crippen LogP contribution in [0.5, 0.6) is 0 Å². The summed E-state index contributed by atoms with van der Waals surface area (Å²) in [7, 11) is 0. The van der Waals surface area contributed by atoms with Gasteiger partial charge in [0.1, 0.15) is 0 Å². The zero-order valence-corrected chi connectivity index (χ0v) is 11.8. The number of nitrogens with zero attached hydrogens (tertiary/aromatic N) is 1. The van der Waals surface area contributed by atoms with Gasteiger partial charge in [0, 0.05) is 12.1 Å². The minimum Gasteiger partial charge on any atom is -0.481 e. The lowest BCUT2D eigenvalue weighted by Crippen LogP contribution is -2.49. The molecular weight excluding hydrogens is 226 g/mol. The molecule has 0 bridgehead atoms. The van der Waals surface area contributed by atoms with Gasteiger partial charge in [-0.25, -0.2) is 0 Å². The van der Waals surface area contributed by atoms with E-state index >= 15 is 0 Å².